The first-order chi connectivity index (χ1) is 28.2. The van der Waals surface area contributed by atoms with E-state index in [1.165, 1.54) is 53.3 Å². The third-order valence-electron chi connectivity index (χ3n) is 11.2. The fourth-order valence-electron chi connectivity index (χ4n) is 8.72. The quantitative estimate of drug-likeness (QED) is 0.149. The number of imidazole rings is 1. The third-order valence-corrected chi connectivity index (χ3v) is 12.5. The summed E-state index contributed by atoms with van der Waals surface area (Å²) in [5.41, 5.74) is 12.2. The second-order valence-corrected chi connectivity index (χ2v) is 15.4. The molecule has 7 aromatic carbocycles. The Morgan fingerprint density at radius 3 is 1.93 bits per heavy atom. The van der Waals surface area contributed by atoms with Crippen molar-refractivity contribution in [3.05, 3.63) is 200 Å². The van der Waals surface area contributed by atoms with E-state index in [9.17, 15) is 0 Å². The molecule has 0 unspecified atom stereocenters. The molecule has 0 amide bonds. The summed E-state index contributed by atoms with van der Waals surface area (Å²) in [6.07, 6.45) is 8.00. The lowest BCUT2D eigenvalue weighted by Gasteiger charge is -2.12. The molecule has 0 aliphatic rings. The molecule has 5 heteroatoms. The van der Waals surface area contributed by atoms with Crippen molar-refractivity contribution in [1.29, 1.82) is 0 Å². The van der Waals surface area contributed by atoms with Crippen LogP contribution in [0.25, 0.3) is 97.8 Å². The van der Waals surface area contributed by atoms with Gasteiger partial charge in [-0.25, -0.2) is 4.98 Å². The van der Waals surface area contributed by atoms with Crippen molar-refractivity contribution in [1.82, 2.24) is 18.7 Å². The molecule has 4 aromatic heterocycles. The Morgan fingerprint density at radius 1 is 0.561 bits per heavy atom. The van der Waals surface area contributed by atoms with Crippen LogP contribution >= 0.6 is 11.3 Å². The van der Waals surface area contributed by atoms with E-state index in [1.54, 1.807) is 0 Å². The van der Waals surface area contributed by atoms with Crippen LogP contribution < -0.4 is 0 Å². The molecule has 0 fully saturated rings. The molecule has 4 nitrogen and oxygen atoms in total. The smallest absolute Gasteiger partial charge is 0.165 e. The molecule has 11 aromatic rings. The molecule has 270 valence electrons. The zero-order valence-corrected chi connectivity index (χ0v) is 32.1. The summed E-state index contributed by atoms with van der Waals surface area (Å²) >= 11 is 1.89. The third kappa shape index (κ3) is 5.03. The van der Waals surface area contributed by atoms with Gasteiger partial charge in [-0.1, -0.05) is 146 Å². The van der Waals surface area contributed by atoms with Gasteiger partial charge in [0.2, 0.25) is 0 Å². The van der Waals surface area contributed by atoms with Crippen molar-refractivity contribution in [2.75, 3.05) is 0 Å². The Bertz CT molecular complexity index is 3410. The van der Waals surface area contributed by atoms with Crippen LogP contribution in [0.5, 0.6) is 0 Å². The van der Waals surface area contributed by atoms with E-state index < -0.39 is 0 Å². The first-order valence-electron chi connectivity index (χ1n) is 19.3. The largest absolute Gasteiger partial charge is 0.308 e. The van der Waals surface area contributed by atoms with Gasteiger partial charge in [0.15, 0.2) is 5.65 Å². The zero-order chi connectivity index (χ0) is 38.0. The maximum atomic E-state index is 5.51. The second-order valence-electron chi connectivity index (χ2n) is 14.3. The first-order valence-corrected chi connectivity index (χ1v) is 20.1. The molecule has 0 N–H and O–H groups in total. The van der Waals surface area contributed by atoms with Crippen LogP contribution in [0.1, 0.15) is 12.7 Å². The van der Waals surface area contributed by atoms with Crippen molar-refractivity contribution < 1.29 is 0 Å². The van der Waals surface area contributed by atoms with E-state index in [2.05, 4.69) is 203 Å². The van der Waals surface area contributed by atoms with Gasteiger partial charge in [0.1, 0.15) is 11.3 Å². The van der Waals surface area contributed by atoms with Crippen molar-refractivity contribution in [3.63, 3.8) is 0 Å². The maximum Gasteiger partial charge on any atom is 0.165 e. The Morgan fingerprint density at radius 2 is 1.19 bits per heavy atom. The number of hydrogen-bond donors (Lipinski definition) is 0. The summed E-state index contributed by atoms with van der Waals surface area (Å²) < 4.78 is 9.73. The fraction of sp³-hybridized carbons (Fsp3) is 0.0192. The topological polar surface area (TPSA) is 27.7 Å². The van der Waals surface area contributed by atoms with E-state index in [0.29, 0.717) is 0 Å². The molecule has 0 saturated heterocycles. The highest BCUT2D eigenvalue weighted by atomic mass is 32.1. The molecule has 0 aliphatic carbocycles. The summed E-state index contributed by atoms with van der Waals surface area (Å²) in [5, 5.41) is 6.12. The number of nitrogens with zero attached hydrogens (tertiary/aromatic N) is 4. The maximum absolute atomic E-state index is 5.51. The summed E-state index contributed by atoms with van der Waals surface area (Å²) in [6, 6.07) is 59.1. The fourth-order valence-corrected chi connectivity index (χ4v) is 10.1. The van der Waals surface area contributed by atoms with Crippen LogP contribution in [-0.4, -0.2) is 18.7 Å². The molecule has 0 bridgehead atoms. The summed E-state index contributed by atoms with van der Waals surface area (Å²) in [5.74, 6) is 0.882. The van der Waals surface area contributed by atoms with E-state index in [0.717, 1.165) is 50.4 Å². The van der Waals surface area contributed by atoms with Crippen molar-refractivity contribution in [2.45, 2.75) is 6.92 Å². The highest BCUT2D eigenvalue weighted by Gasteiger charge is 2.26. The molecular formula is C52H36N4S. The van der Waals surface area contributed by atoms with E-state index in [4.69, 9.17) is 4.98 Å². The number of aromatic nitrogens is 4. The standard InChI is InChI=1S/C52H36N4S/c1-3-5-19-34(4-2)51-53-52-48(55(51)37-24-13-8-14-25-37)43-32-42-39-26-15-16-30-44(39)56(46(42)33-47(43)54(52)36-22-11-7-12-23-36)45-31-18-29-41-40-28-17-27-38(49(40)57-50(41)45)35-20-9-6-10-21-35/h3-33H,1H2,2H3/b19-5-,34-4+. The van der Waals surface area contributed by atoms with Gasteiger partial charge in [0.25, 0.3) is 0 Å². The van der Waals surface area contributed by atoms with Gasteiger partial charge in [-0.05, 0) is 66.6 Å². The SMILES string of the molecule is C=C/C=C\C(=C/C)c1nc2c(c3cc4c5ccccc5n(-c5cccc6c5sc5c(-c7ccccc7)cccc56)c4cc3n2-c2ccccc2)n1-c1ccccc1. The summed E-state index contributed by atoms with van der Waals surface area (Å²) in [7, 11) is 0. The lowest BCUT2D eigenvalue weighted by molar-refractivity contribution is 1.05. The first kappa shape index (κ1) is 33.2. The molecule has 0 radical (unpaired) electrons. The highest BCUT2D eigenvalue weighted by Crippen LogP contribution is 2.46. The molecule has 0 spiro atoms. The average molecular weight is 749 g/mol. The summed E-state index contributed by atoms with van der Waals surface area (Å²) in [4.78, 5) is 5.51. The van der Waals surface area contributed by atoms with Crippen molar-refractivity contribution >= 4 is 81.0 Å². The Kier molecular flexibility index (Phi) is 7.69. The van der Waals surface area contributed by atoms with Crippen LogP contribution in [0.3, 0.4) is 0 Å². The number of fused-ring (bicyclic) bond motifs is 9. The Balaban J connectivity index is 1.27. The van der Waals surface area contributed by atoms with E-state index in [1.807, 2.05) is 23.5 Å². The predicted molar refractivity (Wildman–Crippen MR) is 244 cm³/mol. The molecular weight excluding hydrogens is 713 g/mol. The number of rotatable bonds is 7. The van der Waals surface area contributed by atoms with Crippen LogP contribution in [0.15, 0.2) is 195 Å². The van der Waals surface area contributed by atoms with Gasteiger partial charge in [0, 0.05) is 48.6 Å². The van der Waals surface area contributed by atoms with Crippen molar-refractivity contribution in [3.8, 4) is 28.2 Å². The predicted octanol–water partition coefficient (Wildman–Crippen LogP) is 14.2. The van der Waals surface area contributed by atoms with Crippen molar-refractivity contribution in [2.24, 2.45) is 0 Å². The van der Waals surface area contributed by atoms with E-state index in [-0.39, 0.29) is 0 Å². The summed E-state index contributed by atoms with van der Waals surface area (Å²) in [6.45, 7) is 6.01. The molecule has 57 heavy (non-hydrogen) atoms. The van der Waals surface area contributed by atoms with Crippen LogP contribution in [0.2, 0.25) is 0 Å². The second kappa shape index (κ2) is 13.2. The lowest BCUT2D eigenvalue weighted by atomic mass is 10.0. The molecule has 4 heterocycles. The number of thiophene rings is 1. The minimum absolute atomic E-state index is 0.882. The van der Waals surface area contributed by atoms with Gasteiger partial charge in [-0.3, -0.25) is 9.13 Å². The number of benzene rings is 7. The zero-order valence-electron chi connectivity index (χ0n) is 31.3. The monoisotopic (exact) mass is 748 g/mol. The van der Waals surface area contributed by atoms with Gasteiger partial charge in [0.05, 0.1) is 26.9 Å². The molecule has 0 saturated carbocycles. The average Bonchev–Trinajstić information content (AvgIpc) is 4.01. The Labute approximate surface area is 333 Å². The van der Waals surface area contributed by atoms with Gasteiger partial charge in [-0.15, -0.1) is 11.3 Å². The van der Waals surface area contributed by atoms with Gasteiger partial charge in [-0.2, -0.15) is 0 Å². The highest BCUT2D eigenvalue weighted by molar-refractivity contribution is 7.26. The van der Waals surface area contributed by atoms with Crippen LogP contribution in [0.4, 0.5) is 0 Å². The van der Waals surface area contributed by atoms with E-state index >= 15 is 0 Å². The number of hydrogen-bond acceptors (Lipinski definition) is 2. The normalized spacial score (nSPS) is 12.4. The number of para-hydroxylation sites is 3. The molecule has 0 aliphatic heterocycles. The Hall–Kier alpha value is -7.21. The van der Waals surface area contributed by atoms with Crippen LogP contribution in [-0.2, 0) is 0 Å². The lowest BCUT2D eigenvalue weighted by Crippen LogP contribution is -2.01. The number of allylic oxidation sites excluding steroid dienone is 5. The minimum atomic E-state index is 0.882. The van der Waals surface area contributed by atoms with Crippen LogP contribution in [0, 0.1) is 0 Å². The molecule has 0 atom stereocenters. The molecule has 11 rings (SSSR count). The minimum Gasteiger partial charge on any atom is -0.308 e. The van der Waals surface area contributed by atoms with Gasteiger partial charge < -0.3 is 4.57 Å². The van der Waals surface area contributed by atoms with Gasteiger partial charge >= 0.3 is 0 Å².